The van der Waals surface area contributed by atoms with Crippen molar-refractivity contribution in [1.29, 1.82) is 5.26 Å². The molecule has 4 nitrogen and oxygen atoms in total. The number of amides is 1. The molecule has 2 N–H and O–H groups in total. The van der Waals surface area contributed by atoms with Gasteiger partial charge in [-0.05, 0) is 25.1 Å². The van der Waals surface area contributed by atoms with Crippen LogP contribution < -0.4 is 10.6 Å². The second kappa shape index (κ2) is 6.79. The Labute approximate surface area is 120 Å². The average molecular weight is 297 g/mol. The van der Waals surface area contributed by atoms with E-state index < -0.39 is 17.8 Å². The molecule has 1 atom stereocenters. The van der Waals surface area contributed by atoms with E-state index >= 15 is 0 Å². The number of benzene rings is 1. The van der Waals surface area contributed by atoms with E-state index in [0.717, 1.165) is 18.2 Å². The summed E-state index contributed by atoms with van der Waals surface area (Å²) in [7, 11) is 0. The van der Waals surface area contributed by atoms with Crippen molar-refractivity contribution in [1.82, 2.24) is 5.32 Å². The van der Waals surface area contributed by atoms with Crippen molar-refractivity contribution < 1.29 is 18.0 Å². The standard InChI is InChI=1S/C14H14F3N3O/c1-3-6-19-13(21)9(2)20-12-5-4-11(14(15,16)17)7-10(12)8-18/h3-5,7,9,20H,1,6H2,2H3,(H,19,21). The maximum Gasteiger partial charge on any atom is 0.416 e. The van der Waals surface area contributed by atoms with Crippen LogP contribution in [0.5, 0.6) is 0 Å². The van der Waals surface area contributed by atoms with Gasteiger partial charge in [0.25, 0.3) is 0 Å². The van der Waals surface area contributed by atoms with Crippen molar-refractivity contribution in [3.05, 3.63) is 42.0 Å². The van der Waals surface area contributed by atoms with Gasteiger partial charge in [0, 0.05) is 6.54 Å². The molecule has 0 bridgehead atoms. The average Bonchev–Trinajstić information content (AvgIpc) is 2.43. The largest absolute Gasteiger partial charge is 0.416 e. The van der Waals surface area contributed by atoms with Gasteiger partial charge in [0.1, 0.15) is 12.1 Å². The SMILES string of the molecule is C=CCNC(=O)C(C)Nc1ccc(C(F)(F)F)cc1C#N. The molecule has 0 radical (unpaired) electrons. The van der Waals surface area contributed by atoms with E-state index in [4.69, 9.17) is 5.26 Å². The fraction of sp³-hybridized carbons (Fsp3) is 0.286. The molecule has 0 heterocycles. The van der Waals surface area contributed by atoms with E-state index in [2.05, 4.69) is 17.2 Å². The molecule has 7 heteroatoms. The van der Waals surface area contributed by atoms with Gasteiger partial charge in [-0.25, -0.2) is 0 Å². The van der Waals surface area contributed by atoms with Crippen LogP contribution in [0, 0.1) is 11.3 Å². The van der Waals surface area contributed by atoms with Crippen molar-refractivity contribution in [2.24, 2.45) is 0 Å². The molecule has 0 aliphatic rings. The second-order valence-electron chi connectivity index (χ2n) is 4.27. The predicted molar refractivity (Wildman–Crippen MR) is 72.5 cm³/mol. The quantitative estimate of drug-likeness (QED) is 0.821. The van der Waals surface area contributed by atoms with E-state index in [-0.39, 0.29) is 23.7 Å². The maximum absolute atomic E-state index is 12.6. The van der Waals surface area contributed by atoms with E-state index in [0.29, 0.717) is 0 Å². The second-order valence-corrected chi connectivity index (χ2v) is 4.27. The molecule has 0 aromatic heterocycles. The fourth-order valence-corrected chi connectivity index (χ4v) is 1.56. The zero-order valence-corrected chi connectivity index (χ0v) is 11.3. The Morgan fingerprint density at radius 3 is 2.71 bits per heavy atom. The van der Waals surface area contributed by atoms with Crippen LogP contribution in [0.15, 0.2) is 30.9 Å². The lowest BCUT2D eigenvalue weighted by atomic mass is 10.1. The van der Waals surface area contributed by atoms with Gasteiger partial charge in [-0.1, -0.05) is 6.08 Å². The zero-order chi connectivity index (χ0) is 16.0. The Morgan fingerprint density at radius 1 is 1.52 bits per heavy atom. The van der Waals surface area contributed by atoms with Crippen LogP contribution in [-0.4, -0.2) is 18.5 Å². The Bertz CT molecular complexity index is 576. The van der Waals surface area contributed by atoms with Crippen molar-refractivity contribution in [3.63, 3.8) is 0 Å². The number of hydrogen-bond donors (Lipinski definition) is 2. The zero-order valence-electron chi connectivity index (χ0n) is 11.3. The monoisotopic (exact) mass is 297 g/mol. The highest BCUT2D eigenvalue weighted by atomic mass is 19.4. The van der Waals surface area contributed by atoms with Gasteiger partial charge in [-0.2, -0.15) is 18.4 Å². The molecule has 1 aromatic carbocycles. The summed E-state index contributed by atoms with van der Waals surface area (Å²) in [6.45, 7) is 5.27. The van der Waals surface area contributed by atoms with Crippen molar-refractivity contribution in [2.45, 2.75) is 19.1 Å². The molecule has 0 saturated heterocycles. The fourth-order valence-electron chi connectivity index (χ4n) is 1.56. The Balaban J connectivity index is 2.92. The number of carbonyl (C=O) groups excluding carboxylic acids is 1. The molecule has 0 saturated carbocycles. The molecule has 1 unspecified atom stereocenters. The molecule has 0 aliphatic heterocycles. The molecular weight excluding hydrogens is 283 g/mol. The van der Waals surface area contributed by atoms with Crippen molar-refractivity contribution in [3.8, 4) is 6.07 Å². The summed E-state index contributed by atoms with van der Waals surface area (Å²) in [5.74, 6) is -0.348. The first-order valence-corrected chi connectivity index (χ1v) is 6.06. The van der Waals surface area contributed by atoms with Gasteiger partial charge < -0.3 is 10.6 Å². The molecule has 112 valence electrons. The number of hydrogen-bond acceptors (Lipinski definition) is 3. The van der Waals surface area contributed by atoms with E-state index in [1.807, 2.05) is 0 Å². The molecule has 0 spiro atoms. The highest BCUT2D eigenvalue weighted by Gasteiger charge is 2.31. The minimum atomic E-state index is -4.52. The predicted octanol–water partition coefficient (Wildman–Crippen LogP) is 2.68. The number of nitrogens with one attached hydrogen (secondary N) is 2. The summed E-state index contributed by atoms with van der Waals surface area (Å²) in [5.41, 5.74) is -0.909. The summed E-state index contributed by atoms with van der Waals surface area (Å²) in [5, 5.41) is 14.2. The molecular formula is C14H14F3N3O. The van der Waals surface area contributed by atoms with Gasteiger partial charge >= 0.3 is 6.18 Å². The smallest absolute Gasteiger partial charge is 0.373 e. The number of rotatable bonds is 5. The van der Waals surface area contributed by atoms with Gasteiger partial charge in [0.2, 0.25) is 5.91 Å². The third kappa shape index (κ3) is 4.53. The minimum Gasteiger partial charge on any atom is -0.373 e. The number of nitriles is 1. The summed E-state index contributed by atoms with van der Waals surface area (Å²) in [6, 6.07) is 3.73. The normalized spacial score (nSPS) is 12.1. The molecule has 0 fully saturated rings. The highest BCUT2D eigenvalue weighted by Crippen LogP contribution is 2.31. The van der Waals surface area contributed by atoms with Gasteiger partial charge in [0.15, 0.2) is 0 Å². The summed E-state index contributed by atoms with van der Waals surface area (Å²) in [6.07, 6.45) is -3.01. The first-order valence-electron chi connectivity index (χ1n) is 6.06. The Morgan fingerprint density at radius 2 is 2.19 bits per heavy atom. The molecule has 1 rings (SSSR count). The lowest BCUT2D eigenvalue weighted by Crippen LogP contribution is -2.37. The van der Waals surface area contributed by atoms with Gasteiger partial charge in [-0.15, -0.1) is 6.58 Å². The lowest BCUT2D eigenvalue weighted by Gasteiger charge is -2.16. The first kappa shape index (κ1) is 16.6. The third-order valence-electron chi connectivity index (χ3n) is 2.65. The molecule has 1 aromatic rings. The third-order valence-corrected chi connectivity index (χ3v) is 2.65. The van der Waals surface area contributed by atoms with E-state index in [9.17, 15) is 18.0 Å². The Hall–Kier alpha value is -2.49. The summed E-state index contributed by atoms with van der Waals surface area (Å²) in [4.78, 5) is 11.6. The lowest BCUT2D eigenvalue weighted by molar-refractivity contribution is -0.137. The van der Waals surface area contributed by atoms with Crippen molar-refractivity contribution >= 4 is 11.6 Å². The van der Waals surface area contributed by atoms with Crippen LogP contribution >= 0.6 is 0 Å². The highest BCUT2D eigenvalue weighted by molar-refractivity contribution is 5.84. The van der Waals surface area contributed by atoms with Crippen LogP contribution in [0.3, 0.4) is 0 Å². The van der Waals surface area contributed by atoms with Crippen LogP contribution in [0.25, 0.3) is 0 Å². The number of alkyl halides is 3. The number of anilines is 1. The van der Waals surface area contributed by atoms with E-state index in [1.165, 1.54) is 13.0 Å². The summed E-state index contributed by atoms with van der Waals surface area (Å²) < 4.78 is 37.7. The van der Waals surface area contributed by atoms with E-state index in [1.54, 1.807) is 6.07 Å². The molecule has 1 amide bonds. The van der Waals surface area contributed by atoms with Gasteiger partial charge in [0.05, 0.1) is 16.8 Å². The molecule has 21 heavy (non-hydrogen) atoms. The first-order chi connectivity index (χ1) is 9.79. The van der Waals surface area contributed by atoms with Crippen LogP contribution in [0.4, 0.5) is 18.9 Å². The van der Waals surface area contributed by atoms with Crippen LogP contribution in [0.2, 0.25) is 0 Å². The van der Waals surface area contributed by atoms with Crippen LogP contribution in [0.1, 0.15) is 18.1 Å². The summed E-state index contributed by atoms with van der Waals surface area (Å²) >= 11 is 0. The number of carbonyl (C=O) groups is 1. The minimum absolute atomic E-state index is 0.173. The Kier molecular flexibility index (Phi) is 5.36. The number of halogens is 3. The number of nitrogens with zero attached hydrogens (tertiary/aromatic N) is 1. The maximum atomic E-state index is 12.6. The van der Waals surface area contributed by atoms with Crippen LogP contribution in [-0.2, 0) is 11.0 Å². The van der Waals surface area contributed by atoms with Gasteiger partial charge in [-0.3, -0.25) is 4.79 Å². The topological polar surface area (TPSA) is 64.9 Å². The molecule has 0 aliphatic carbocycles. The van der Waals surface area contributed by atoms with Crippen molar-refractivity contribution in [2.75, 3.05) is 11.9 Å².